The molecule has 0 radical (unpaired) electrons. The molecule has 0 saturated heterocycles. The first kappa shape index (κ1) is 45.8. The van der Waals surface area contributed by atoms with Gasteiger partial charge in [0.2, 0.25) is 0 Å². The Kier molecular flexibility index (Phi) is 9.43. The molecule has 19 rings (SSSR count). The summed E-state index contributed by atoms with van der Waals surface area (Å²) < 4.78 is 15.0. The van der Waals surface area contributed by atoms with Crippen molar-refractivity contribution in [3.63, 3.8) is 0 Å². The SMILES string of the molecule is c1ccc(-n2c3ccccc3c3cc(-n4c5ccccc5c5c4ccc4c6ccccc6n(-c6ccc(-n7c8ccccc8c8ccc9c(c%10ccccc%10n9-c9ccc(-c%10ccc%11sc%12ccccc%12c%11c%10)cc9)c87)cc6)c45)ccc32)cc1. The highest BCUT2D eigenvalue weighted by atomic mass is 32.1. The quantitative estimate of drug-likeness (QED) is 0.159. The minimum atomic E-state index is 1.11. The van der Waals surface area contributed by atoms with Crippen LogP contribution >= 0.6 is 11.3 Å². The lowest BCUT2D eigenvalue weighted by atomic mass is 10.0. The molecule has 13 aromatic carbocycles. The topological polar surface area (TPSA) is 24.6 Å². The van der Waals surface area contributed by atoms with E-state index >= 15 is 0 Å². The van der Waals surface area contributed by atoms with E-state index in [1.165, 1.54) is 140 Å². The lowest BCUT2D eigenvalue weighted by molar-refractivity contribution is 1.15. The van der Waals surface area contributed by atoms with Gasteiger partial charge in [0.15, 0.2) is 0 Å². The third-order valence-electron chi connectivity index (χ3n) is 18.1. The van der Waals surface area contributed by atoms with Gasteiger partial charge in [0, 0.05) is 102 Å². The Labute approximate surface area is 485 Å². The predicted molar refractivity (Wildman–Crippen MR) is 356 cm³/mol. The van der Waals surface area contributed by atoms with E-state index in [4.69, 9.17) is 0 Å². The summed E-state index contributed by atoms with van der Waals surface area (Å²) >= 11 is 1.86. The van der Waals surface area contributed by atoms with E-state index in [2.05, 4.69) is 308 Å². The van der Waals surface area contributed by atoms with Gasteiger partial charge in [0.05, 0.1) is 55.2 Å². The van der Waals surface area contributed by atoms with Crippen LogP contribution in [0.5, 0.6) is 0 Å². The van der Waals surface area contributed by atoms with Gasteiger partial charge in [0.1, 0.15) is 0 Å². The Bertz CT molecular complexity index is 5960. The summed E-state index contributed by atoms with van der Waals surface area (Å²) in [5.41, 5.74) is 19.9. The number of hydrogen-bond donors (Lipinski definition) is 0. The molecule has 19 aromatic rings. The number of thiophene rings is 1. The van der Waals surface area contributed by atoms with Crippen molar-refractivity contribution in [2.45, 2.75) is 0 Å². The molecule has 5 nitrogen and oxygen atoms in total. The molecule has 6 heteroatoms. The zero-order valence-corrected chi connectivity index (χ0v) is 46.1. The number of benzene rings is 13. The summed E-state index contributed by atoms with van der Waals surface area (Å²) in [6.07, 6.45) is 0. The summed E-state index contributed by atoms with van der Waals surface area (Å²) in [7, 11) is 0. The van der Waals surface area contributed by atoms with Crippen LogP contribution in [0.2, 0.25) is 0 Å². The molecular formula is C78H47N5S. The molecule has 0 unspecified atom stereocenters. The Hall–Kier alpha value is -10.9. The maximum absolute atomic E-state index is 2.51. The highest BCUT2D eigenvalue weighted by Gasteiger charge is 2.24. The monoisotopic (exact) mass is 1090 g/mol. The van der Waals surface area contributed by atoms with E-state index in [0.717, 1.165) is 28.4 Å². The van der Waals surface area contributed by atoms with Crippen LogP contribution < -0.4 is 0 Å². The van der Waals surface area contributed by atoms with Crippen molar-refractivity contribution in [2.75, 3.05) is 0 Å². The van der Waals surface area contributed by atoms with Crippen LogP contribution in [0.3, 0.4) is 0 Å². The standard InChI is InChI=1S/C78H47N5S/c1-2-16-50(17-3-1)79-65-24-10-6-20-57(65)63-47-54(39-42-70(63)79)81-69-28-14-8-23-62(69)76-72(81)44-41-60-56-19-5-12-26-67(56)83(78(60)76)53-37-35-52(36-38-53)82-66-25-11-4-18-55(66)59-40-43-71-75(77(59)82)61-22-7-13-27-68(61)80(71)51-33-30-48(31-34-51)49-32-45-74-64(46-49)58-21-9-15-29-73(58)84-74/h1-47H. The van der Waals surface area contributed by atoms with Gasteiger partial charge in [-0.1, -0.05) is 158 Å². The summed E-state index contributed by atoms with van der Waals surface area (Å²) in [5.74, 6) is 0. The van der Waals surface area contributed by atoms with E-state index in [9.17, 15) is 0 Å². The van der Waals surface area contributed by atoms with Crippen LogP contribution in [0.1, 0.15) is 0 Å². The van der Waals surface area contributed by atoms with Crippen molar-refractivity contribution in [1.82, 2.24) is 22.8 Å². The van der Waals surface area contributed by atoms with E-state index < -0.39 is 0 Å². The van der Waals surface area contributed by atoms with Crippen molar-refractivity contribution in [3.8, 4) is 39.6 Å². The Morgan fingerprint density at radius 3 is 1.14 bits per heavy atom. The molecule has 6 heterocycles. The fraction of sp³-hybridized carbons (Fsp3) is 0. The fourth-order valence-electron chi connectivity index (χ4n) is 14.5. The molecule has 0 fully saturated rings. The Balaban J connectivity index is 0.781. The van der Waals surface area contributed by atoms with Crippen LogP contribution in [0, 0.1) is 0 Å². The van der Waals surface area contributed by atoms with E-state index in [1.54, 1.807) is 0 Å². The minimum Gasteiger partial charge on any atom is -0.309 e. The van der Waals surface area contributed by atoms with Gasteiger partial charge in [-0.05, 0) is 139 Å². The average molecular weight is 1090 g/mol. The van der Waals surface area contributed by atoms with Crippen LogP contribution in [0.15, 0.2) is 285 Å². The normalized spacial score (nSPS) is 12.3. The zero-order chi connectivity index (χ0) is 54.7. The van der Waals surface area contributed by atoms with Crippen LogP contribution in [0.25, 0.3) is 169 Å². The molecule has 6 aromatic heterocycles. The lowest BCUT2D eigenvalue weighted by Gasteiger charge is -2.13. The van der Waals surface area contributed by atoms with Gasteiger partial charge < -0.3 is 22.8 Å². The molecule has 0 bridgehead atoms. The van der Waals surface area contributed by atoms with Crippen LogP contribution in [0.4, 0.5) is 0 Å². The third-order valence-corrected chi connectivity index (χ3v) is 19.2. The van der Waals surface area contributed by atoms with Crippen LogP contribution in [-0.4, -0.2) is 22.8 Å². The summed E-state index contributed by atoms with van der Waals surface area (Å²) in [5, 5.41) is 15.0. The summed E-state index contributed by atoms with van der Waals surface area (Å²) in [6.45, 7) is 0. The first-order valence-corrected chi connectivity index (χ1v) is 29.6. The first-order valence-electron chi connectivity index (χ1n) is 28.8. The van der Waals surface area contributed by atoms with Crippen molar-refractivity contribution in [3.05, 3.63) is 285 Å². The van der Waals surface area contributed by atoms with Gasteiger partial charge in [0.25, 0.3) is 0 Å². The summed E-state index contributed by atoms with van der Waals surface area (Å²) in [6, 6.07) is 106. The van der Waals surface area contributed by atoms with E-state index in [0.29, 0.717) is 0 Å². The summed E-state index contributed by atoms with van der Waals surface area (Å²) in [4.78, 5) is 0. The number of hydrogen-bond acceptors (Lipinski definition) is 1. The largest absolute Gasteiger partial charge is 0.309 e. The van der Waals surface area contributed by atoms with Crippen molar-refractivity contribution in [2.24, 2.45) is 0 Å². The lowest BCUT2D eigenvalue weighted by Crippen LogP contribution is -1.98. The highest BCUT2D eigenvalue weighted by Crippen LogP contribution is 2.46. The molecule has 0 aliphatic carbocycles. The minimum absolute atomic E-state index is 1.11. The second-order valence-electron chi connectivity index (χ2n) is 22.4. The molecular weight excluding hydrogens is 1040 g/mol. The van der Waals surface area contributed by atoms with Crippen molar-refractivity contribution in [1.29, 1.82) is 0 Å². The van der Waals surface area contributed by atoms with Gasteiger partial charge in [-0.25, -0.2) is 0 Å². The molecule has 0 N–H and O–H groups in total. The molecule has 0 aliphatic heterocycles. The van der Waals surface area contributed by atoms with Crippen LogP contribution in [-0.2, 0) is 0 Å². The fourth-order valence-corrected chi connectivity index (χ4v) is 15.6. The second kappa shape index (κ2) is 17.3. The first-order chi connectivity index (χ1) is 41.7. The number of aromatic nitrogens is 5. The van der Waals surface area contributed by atoms with E-state index in [1.807, 2.05) is 11.3 Å². The van der Waals surface area contributed by atoms with Gasteiger partial charge >= 0.3 is 0 Å². The number of rotatable bonds is 6. The molecule has 390 valence electrons. The van der Waals surface area contributed by atoms with Gasteiger partial charge in [-0.3, -0.25) is 0 Å². The molecule has 0 aliphatic rings. The predicted octanol–water partition coefficient (Wildman–Crippen LogP) is 21.2. The molecule has 0 atom stereocenters. The van der Waals surface area contributed by atoms with Crippen molar-refractivity contribution < 1.29 is 0 Å². The maximum atomic E-state index is 2.51. The smallest absolute Gasteiger partial charge is 0.0641 e. The number of para-hydroxylation sites is 6. The maximum Gasteiger partial charge on any atom is 0.0641 e. The number of nitrogens with zero attached hydrogens (tertiary/aromatic N) is 5. The average Bonchev–Trinajstić information content (AvgIpc) is 2.07. The third kappa shape index (κ3) is 6.32. The van der Waals surface area contributed by atoms with Gasteiger partial charge in [-0.15, -0.1) is 11.3 Å². The Morgan fingerprint density at radius 1 is 0.190 bits per heavy atom. The number of fused-ring (bicyclic) bond motifs is 20. The second-order valence-corrected chi connectivity index (χ2v) is 23.5. The molecule has 0 amide bonds. The Morgan fingerprint density at radius 2 is 0.560 bits per heavy atom. The van der Waals surface area contributed by atoms with Gasteiger partial charge in [-0.2, -0.15) is 0 Å². The highest BCUT2D eigenvalue weighted by molar-refractivity contribution is 7.25. The molecule has 0 saturated carbocycles. The molecule has 0 spiro atoms. The van der Waals surface area contributed by atoms with Crippen molar-refractivity contribution >= 4 is 141 Å². The zero-order valence-electron chi connectivity index (χ0n) is 45.3. The molecule has 84 heavy (non-hydrogen) atoms. The van der Waals surface area contributed by atoms with E-state index in [-0.39, 0.29) is 0 Å².